The summed E-state index contributed by atoms with van der Waals surface area (Å²) in [6, 6.07) is 7.28. The van der Waals surface area contributed by atoms with Crippen LogP contribution in [0.4, 0.5) is 5.69 Å². The van der Waals surface area contributed by atoms with Crippen LogP contribution in [-0.4, -0.2) is 33.2 Å². The minimum absolute atomic E-state index is 0.00580. The van der Waals surface area contributed by atoms with Crippen LogP contribution in [0.5, 0.6) is 11.5 Å². The van der Waals surface area contributed by atoms with Gasteiger partial charge in [-0.15, -0.1) is 0 Å². The van der Waals surface area contributed by atoms with E-state index in [0.717, 1.165) is 42.4 Å². The Balaban J connectivity index is 1.64. The number of hydrogen-bond acceptors (Lipinski definition) is 8. The number of hydrogen-bond donors (Lipinski definition) is 4. The summed E-state index contributed by atoms with van der Waals surface area (Å²) >= 11 is 0. The number of fused-ring (bicyclic) bond motifs is 3. The van der Waals surface area contributed by atoms with Crippen LogP contribution in [-0.2, 0) is 6.42 Å². The Hall–Kier alpha value is -3.07. The Bertz CT molecular complexity index is 1480. The quantitative estimate of drug-likeness (QED) is 0.273. The molecule has 1 aromatic heterocycles. The van der Waals surface area contributed by atoms with E-state index in [0.29, 0.717) is 58.7 Å². The van der Waals surface area contributed by atoms with Gasteiger partial charge in [-0.05, 0) is 76.0 Å². The Morgan fingerprint density at radius 2 is 1.77 bits per heavy atom. The predicted octanol–water partition coefficient (Wildman–Crippen LogP) is 6.07. The molecule has 3 atom stereocenters. The van der Waals surface area contributed by atoms with Crippen LogP contribution >= 0.6 is 0 Å². The number of aliphatic hydroxyl groups excluding tert-OH is 1. The van der Waals surface area contributed by atoms with Crippen LogP contribution in [0.2, 0.25) is 0 Å². The van der Waals surface area contributed by atoms with Crippen molar-refractivity contribution >= 4 is 16.7 Å². The SMILES string of the molecule is CC(C)c1c2c(c(OC3CCCC3)c3c(=O)c4c(oc13)[C@@H](O)CC[C@@H]4c1ccc(NO)cc1)C[C@@H](C(C)(C)O)O2. The van der Waals surface area contributed by atoms with Gasteiger partial charge in [0.05, 0.1) is 17.4 Å². The average molecular weight is 550 g/mol. The van der Waals surface area contributed by atoms with Crippen LogP contribution in [0.25, 0.3) is 11.0 Å². The molecule has 2 aliphatic carbocycles. The predicted molar refractivity (Wildman–Crippen MR) is 152 cm³/mol. The summed E-state index contributed by atoms with van der Waals surface area (Å²) in [5.41, 5.74) is 4.77. The van der Waals surface area contributed by atoms with E-state index in [4.69, 9.17) is 13.9 Å². The third-order valence-electron chi connectivity index (χ3n) is 8.86. The lowest BCUT2D eigenvalue weighted by Gasteiger charge is -2.29. The molecule has 214 valence electrons. The fraction of sp³-hybridized carbons (Fsp3) is 0.531. The molecule has 1 aliphatic heterocycles. The summed E-state index contributed by atoms with van der Waals surface area (Å²) in [5, 5.41) is 31.7. The third kappa shape index (κ3) is 4.46. The van der Waals surface area contributed by atoms with Gasteiger partial charge in [0.15, 0.2) is 0 Å². The molecule has 8 nitrogen and oxygen atoms in total. The van der Waals surface area contributed by atoms with E-state index in [1.54, 1.807) is 26.0 Å². The molecule has 8 heteroatoms. The number of ether oxygens (including phenoxy) is 2. The maximum Gasteiger partial charge on any atom is 0.200 e. The normalized spacial score (nSPS) is 22.9. The van der Waals surface area contributed by atoms with Gasteiger partial charge < -0.3 is 24.1 Å². The van der Waals surface area contributed by atoms with Crippen LogP contribution in [0.15, 0.2) is 33.5 Å². The molecule has 2 aromatic carbocycles. The minimum atomic E-state index is -1.10. The van der Waals surface area contributed by atoms with Crippen molar-refractivity contribution in [2.24, 2.45) is 0 Å². The molecule has 6 rings (SSSR count). The van der Waals surface area contributed by atoms with Crippen molar-refractivity contribution in [1.29, 1.82) is 0 Å². The number of aliphatic hydroxyl groups is 2. The number of rotatable bonds is 6. The summed E-state index contributed by atoms with van der Waals surface area (Å²) < 4.78 is 19.7. The highest BCUT2D eigenvalue weighted by molar-refractivity contribution is 5.92. The van der Waals surface area contributed by atoms with Crippen LogP contribution in [0, 0.1) is 0 Å². The highest BCUT2D eigenvalue weighted by Gasteiger charge is 2.42. The van der Waals surface area contributed by atoms with E-state index in [1.165, 1.54) is 0 Å². The molecule has 4 N–H and O–H groups in total. The van der Waals surface area contributed by atoms with Crippen LogP contribution in [0.3, 0.4) is 0 Å². The van der Waals surface area contributed by atoms with Gasteiger partial charge in [-0.3, -0.25) is 15.5 Å². The van der Waals surface area contributed by atoms with E-state index in [1.807, 2.05) is 26.0 Å². The highest BCUT2D eigenvalue weighted by atomic mass is 16.5. The van der Waals surface area contributed by atoms with Crippen molar-refractivity contribution < 1.29 is 29.3 Å². The zero-order valence-corrected chi connectivity index (χ0v) is 23.6. The number of nitrogens with one attached hydrogen (secondary N) is 1. The summed E-state index contributed by atoms with van der Waals surface area (Å²) in [7, 11) is 0. The summed E-state index contributed by atoms with van der Waals surface area (Å²) in [4.78, 5) is 14.7. The average Bonchev–Trinajstić information content (AvgIpc) is 3.59. The van der Waals surface area contributed by atoms with Crippen molar-refractivity contribution in [1.82, 2.24) is 0 Å². The Kier molecular flexibility index (Phi) is 6.84. The first-order valence-corrected chi connectivity index (χ1v) is 14.5. The number of anilines is 1. The maximum absolute atomic E-state index is 14.7. The Morgan fingerprint density at radius 1 is 1.07 bits per heavy atom. The summed E-state index contributed by atoms with van der Waals surface area (Å²) in [6.45, 7) is 7.53. The minimum Gasteiger partial charge on any atom is -0.489 e. The molecule has 1 saturated carbocycles. The molecule has 40 heavy (non-hydrogen) atoms. The molecular weight excluding hydrogens is 510 g/mol. The second-order valence-corrected chi connectivity index (χ2v) is 12.5. The smallest absolute Gasteiger partial charge is 0.200 e. The molecular formula is C32H39NO7. The maximum atomic E-state index is 14.7. The van der Waals surface area contributed by atoms with Crippen molar-refractivity contribution in [3.63, 3.8) is 0 Å². The summed E-state index contributed by atoms with van der Waals surface area (Å²) in [5.74, 6) is 1.10. The van der Waals surface area contributed by atoms with E-state index in [9.17, 15) is 20.2 Å². The Morgan fingerprint density at radius 3 is 2.40 bits per heavy atom. The van der Waals surface area contributed by atoms with Gasteiger partial charge in [0.2, 0.25) is 5.43 Å². The van der Waals surface area contributed by atoms with E-state index in [-0.39, 0.29) is 23.4 Å². The third-order valence-corrected chi connectivity index (χ3v) is 8.86. The van der Waals surface area contributed by atoms with Crippen molar-refractivity contribution in [2.45, 2.75) is 108 Å². The molecule has 0 saturated heterocycles. The molecule has 0 bridgehead atoms. The van der Waals surface area contributed by atoms with E-state index < -0.39 is 17.8 Å². The van der Waals surface area contributed by atoms with Gasteiger partial charge in [-0.1, -0.05) is 26.0 Å². The lowest BCUT2D eigenvalue weighted by molar-refractivity contribution is -0.0233. The Labute approximate surface area is 233 Å². The fourth-order valence-electron chi connectivity index (χ4n) is 6.69. The second kappa shape index (κ2) is 10.1. The lowest BCUT2D eigenvalue weighted by Crippen LogP contribution is -2.39. The second-order valence-electron chi connectivity index (χ2n) is 12.5. The van der Waals surface area contributed by atoms with Gasteiger partial charge in [0.1, 0.15) is 40.4 Å². The van der Waals surface area contributed by atoms with Crippen LogP contribution < -0.4 is 20.4 Å². The van der Waals surface area contributed by atoms with Crippen molar-refractivity contribution in [3.05, 3.63) is 62.5 Å². The first kappa shape index (κ1) is 27.1. The molecule has 0 radical (unpaired) electrons. The molecule has 0 spiro atoms. The molecule has 0 amide bonds. The van der Waals surface area contributed by atoms with Crippen LogP contribution in [0.1, 0.15) is 112 Å². The lowest BCUT2D eigenvalue weighted by atomic mass is 9.79. The number of benzene rings is 2. The summed E-state index contributed by atoms with van der Waals surface area (Å²) in [6.07, 6.45) is 4.05. The van der Waals surface area contributed by atoms with Gasteiger partial charge in [0.25, 0.3) is 0 Å². The molecule has 0 unspecified atom stereocenters. The first-order valence-electron chi connectivity index (χ1n) is 14.5. The topological polar surface area (TPSA) is 121 Å². The van der Waals surface area contributed by atoms with E-state index >= 15 is 0 Å². The molecule has 3 aliphatic rings. The fourth-order valence-corrected chi connectivity index (χ4v) is 6.69. The highest BCUT2D eigenvalue weighted by Crippen LogP contribution is 2.51. The largest absolute Gasteiger partial charge is 0.489 e. The monoisotopic (exact) mass is 549 g/mol. The molecule has 2 heterocycles. The van der Waals surface area contributed by atoms with Gasteiger partial charge in [-0.25, -0.2) is 0 Å². The molecule has 3 aromatic rings. The first-order chi connectivity index (χ1) is 19.1. The van der Waals surface area contributed by atoms with Gasteiger partial charge in [-0.2, -0.15) is 0 Å². The molecule has 1 fully saturated rings. The van der Waals surface area contributed by atoms with Gasteiger partial charge >= 0.3 is 0 Å². The van der Waals surface area contributed by atoms with E-state index in [2.05, 4.69) is 5.48 Å². The zero-order chi connectivity index (χ0) is 28.3. The zero-order valence-electron chi connectivity index (χ0n) is 23.6. The standard InChI is InChI=1S/C32H39NO7/c1-16(2)24-28-21(15-23(39-28)32(3,4)36)29(38-19-7-5-6-8-19)26-27(35)25-20(17-9-11-18(33-37)12-10-17)13-14-22(34)30(25)40-31(24)26/h9-12,16,19-20,22-23,33-34,36-37H,5-8,13-15H2,1-4H3/t20-,22+,23+/m1/s1. The van der Waals surface area contributed by atoms with Crippen molar-refractivity contribution in [3.8, 4) is 11.5 Å². The van der Waals surface area contributed by atoms with Crippen molar-refractivity contribution in [2.75, 3.05) is 5.48 Å². The van der Waals surface area contributed by atoms with Gasteiger partial charge in [0, 0.05) is 29.0 Å².